The highest BCUT2D eigenvalue weighted by atomic mass is 35.6. The number of nitro benzene ring substituents is 1. The van der Waals surface area contributed by atoms with E-state index in [1.165, 1.54) is 18.2 Å². The van der Waals surface area contributed by atoms with E-state index >= 15 is 0 Å². The van der Waals surface area contributed by atoms with Crippen LogP contribution >= 0.6 is 47.0 Å². The monoisotopic (exact) mass is 490 g/mol. The lowest BCUT2D eigenvalue weighted by atomic mass is 10.2. The van der Waals surface area contributed by atoms with E-state index in [0.717, 1.165) is 5.56 Å². The predicted octanol–water partition coefficient (Wildman–Crippen LogP) is 4.81. The van der Waals surface area contributed by atoms with Gasteiger partial charge in [-0.15, -0.1) is 0 Å². The maximum Gasteiger partial charge on any atom is 0.409 e. The molecule has 1 amide bonds. The van der Waals surface area contributed by atoms with Crippen LogP contribution in [0.1, 0.15) is 11.1 Å². The third-order valence-electron chi connectivity index (χ3n) is 3.75. The minimum atomic E-state index is -1.96. The molecule has 0 heterocycles. The molecule has 0 saturated carbocycles. The van der Waals surface area contributed by atoms with Gasteiger partial charge in [0.05, 0.1) is 4.92 Å². The molecule has 1 unspecified atom stereocenters. The Morgan fingerprint density at radius 1 is 1.20 bits per heavy atom. The van der Waals surface area contributed by atoms with Gasteiger partial charge in [0.25, 0.3) is 5.69 Å². The molecule has 12 heteroatoms. The number of alkyl carbamates (subject to hydrolysis) is 1. The van der Waals surface area contributed by atoms with Crippen molar-refractivity contribution in [3.05, 3.63) is 69.8 Å². The lowest BCUT2D eigenvalue weighted by Crippen LogP contribution is -2.56. The van der Waals surface area contributed by atoms with Gasteiger partial charge in [0.2, 0.25) is 3.79 Å². The molecule has 0 fully saturated rings. The van der Waals surface area contributed by atoms with Gasteiger partial charge in [-0.1, -0.05) is 65.1 Å². The van der Waals surface area contributed by atoms with E-state index < -0.39 is 21.0 Å². The molecular weight excluding hydrogens is 475 g/mol. The Bertz CT molecular complexity index is 925. The number of carbonyl (C=O) groups excluding carboxylic acids is 1. The molecular formula is C18H17Cl3N4O4S. The Hall–Kier alpha value is -2.33. The first-order chi connectivity index (χ1) is 14.1. The number of ether oxygens (including phenoxy) is 1. The van der Waals surface area contributed by atoms with Crippen molar-refractivity contribution in [2.24, 2.45) is 0 Å². The number of amides is 1. The lowest BCUT2D eigenvalue weighted by Gasteiger charge is -2.27. The molecule has 0 aliphatic carbocycles. The first kappa shape index (κ1) is 23.9. The van der Waals surface area contributed by atoms with E-state index in [4.69, 9.17) is 51.8 Å². The van der Waals surface area contributed by atoms with Crippen LogP contribution in [-0.2, 0) is 11.3 Å². The highest BCUT2D eigenvalue weighted by molar-refractivity contribution is 7.80. The van der Waals surface area contributed by atoms with Crippen LogP contribution in [-0.4, -0.2) is 26.1 Å². The van der Waals surface area contributed by atoms with Crippen molar-refractivity contribution in [3.63, 3.8) is 0 Å². The van der Waals surface area contributed by atoms with Crippen LogP contribution in [0.2, 0.25) is 0 Å². The van der Waals surface area contributed by atoms with Gasteiger partial charge in [-0.3, -0.25) is 15.4 Å². The van der Waals surface area contributed by atoms with E-state index in [2.05, 4.69) is 16.0 Å². The molecule has 3 N–H and O–H groups in total. The molecule has 0 aromatic heterocycles. The summed E-state index contributed by atoms with van der Waals surface area (Å²) >= 11 is 23.0. The van der Waals surface area contributed by atoms with Gasteiger partial charge >= 0.3 is 6.09 Å². The van der Waals surface area contributed by atoms with Gasteiger partial charge in [-0.25, -0.2) is 4.79 Å². The largest absolute Gasteiger partial charge is 0.445 e. The van der Waals surface area contributed by atoms with Gasteiger partial charge in [-0.05, 0) is 36.3 Å². The zero-order chi connectivity index (χ0) is 22.3. The fourth-order valence-corrected chi connectivity index (χ4v) is 2.83. The van der Waals surface area contributed by atoms with Crippen molar-refractivity contribution < 1.29 is 14.5 Å². The zero-order valence-corrected chi connectivity index (χ0v) is 18.6. The number of nitrogens with one attached hydrogen (secondary N) is 3. The summed E-state index contributed by atoms with van der Waals surface area (Å²) < 4.78 is 3.16. The average molecular weight is 492 g/mol. The van der Waals surface area contributed by atoms with Crippen molar-refractivity contribution in [3.8, 4) is 0 Å². The van der Waals surface area contributed by atoms with Crippen LogP contribution in [0.4, 0.5) is 16.2 Å². The van der Waals surface area contributed by atoms with E-state index in [0.29, 0.717) is 11.3 Å². The third kappa shape index (κ3) is 7.49. The fraction of sp³-hybridized carbons (Fsp3) is 0.222. The highest BCUT2D eigenvalue weighted by Gasteiger charge is 2.35. The number of nitro groups is 1. The summed E-state index contributed by atoms with van der Waals surface area (Å²) in [7, 11) is 0. The van der Waals surface area contributed by atoms with Gasteiger partial charge in [0.15, 0.2) is 11.3 Å². The first-order valence-corrected chi connectivity index (χ1v) is 9.97. The van der Waals surface area contributed by atoms with Crippen molar-refractivity contribution in [2.45, 2.75) is 23.5 Å². The molecule has 0 bridgehead atoms. The number of thiocarbonyl (C=S) groups is 1. The molecule has 0 saturated heterocycles. The van der Waals surface area contributed by atoms with Crippen molar-refractivity contribution in [1.82, 2.24) is 10.6 Å². The Morgan fingerprint density at radius 2 is 1.87 bits per heavy atom. The van der Waals surface area contributed by atoms with Crippen molar-refractivity contribution >= 4 is 69.6 Å². The molecule has 2 aromatic carbocycles. The minimum absolute atomic E-state index is 0.0200. The Morgan fingerprint density at radius 3 is 2.43 bits per heavy atom. The predicted molar refractivity (Wildman–Crippen MR) is 121 cm³/mol. The number of benzene rings is 2. The van der Waals surface area contributed by atoms with Crippen LogP contribution in [0, 0.1) is 17.0 Å². The van der Waals surface area contributed by atoms with E-state index in [1.807, 2.05) is 18.2 Å². The topological polar surface area (TPSA) is 106 Å². The minimum Gasteiger partial charge on any atom is -0.445 e. The number of non-ortho nitro benzene ring substituents is 1. The molecule has 0 aliphatic rings. The average Bonchev–Trinajstić information content (AvgIpc) is 2.67. The number of hydrogen-bond acceptors (Lipinski definition) is 5. The van der Waals surface area contributed by atoms with Crippen LogP contribution in [0.3, 0.4) is 0 Å². The molecule has 8 nitrogen and oxygen atoms in total. The van der Waals surface area contributed by atoms with E-state index in [-0.39, 0.29) is 17.4 Å². The number of rotatable bonds is 6. The van der Waals surface area contributed by atoms with Crippen LogP contribution in [0.5, 0.6) is 0 Å². The highest BCUT2D eigenvalue weighted by Crippen LogP contribution is 2.29. The summed E-state index contributed by atoms with van der Waals surface area (Å²) in [4.78, 5) is 22.4. The quantitative estimate of drug-likeness (QED) is 0.175. The summed E-state index contributed by atoms with van der Waals surface area (Å²) in [6.45, 7) is 1.70. The van der Waals surface area contributed by atoms with Crippen LogP contribution in [0.25, 0.3) is 0 Å². The molecule has 30 heavy (non-hydrogen) atoms. The maximum absolute atomic E-state index is 12.1. The molecule has 0 radical (unpaired) electrons. The number of hydrogen-bond donors (Lipinski definition) is 3. The molecule has 1 atom stereocenters. The number of carbonyl (C=O) groups is 1. The Labute approximate surface area is 193 Å². The second-order valence-corrected chi connectivity index (χ2v) is 8.81. The summed E-state index contributed by atoms with van der Waals surface area (Å²) in [6, 6.07) is 13.3. The molecule has 0 spiro atoms. The number of alkyl halides is 3. The smallest absolute Gasteiger partial charge is 0.409 e. The Kier molecular flexibility index (Phi) is 8.48. The number of aryl methyl sites for hydroxylation is 1. The van der Waals surface area contributed by atoms with E-state index in [9.17, 15) is 14.9 Å². The molecule has 0 aliphatic heterocycles. The number of nitrogens with zero attached hydrogens (tertiary/aromatic N) is 1. The summed E-state index contributed by atoms with van der Waals surface area (Å²) in [6.07, 6.45) is -2.04. The first-order valence-electron chi connectivity index (χ1n) is 8.43. The third-order valence-corrected chi connectivity index (χ3v) is 4.62. The normalized spacial score (nSPS) is 11.9. The standard InChI is InChI=1S/C18H17Cl3N4O4S/c1-11-9-13(25(27)28)7-8-14(11)22-16(30)23-15(18(19,20)21)24-17(26)29-10-12-5-3-2-4-6-12/h2-9,15H,10H2,1H3,(H,24,26)(H2,22,23,30). The van der Waals surface area contributed by atoms with Gasteiger partial charge < -0.3 is 15.4 Å². The molecule has 160 valence electrons. The van der Waals surface area contributed by atoms with Gasteiger partial charge in [0, 0.05) is 17.8 Å². The number of halogens is 3. The fourth-order valence-electron chi connectivity index (χ4n) is 2.27. The summed E-state index contributed by atoms with van der Waals surface area (Å²) in [5.74, 6) is 0. The summed E-state index contributed by atoms with van der Waals surface area (Å²) in [5, 5.41) is 18.8. The van der Waals surface area contributed by atoms with Crippen molar-refractivity contribution in [2.75, 3.05) is 5.32 Å². The van der Waals surface area contributed by atoms with Gasteiger partial charge in [-0.2, -0.15) is 0 Å². The second-order valence-electron chi connectivity index (χ2n) is 6.04. The SMILES string of the molecule is Cc1cc([N+](=O)[O-])ccc1NC(=S)NC(NC(=O)OCc1ccccc1)C(Cl)(Cl)Cl. The maximum atomic E-state index is 12.1. The number of anilines is 1. The zero-order valence-electron chi connectivity index (χ0n) is 15.5. The Balaban J connectivity index is 1.97. The molecule has 2 rings (SSSR count). The summed E-state index contributed by atoms with van der Waals surface area (Å²) in [5.41, 5.74) is 1.82. The van der Waals surface area contributed by atoms with Crippen LogP contribution < -0.4 is 16.0 Å². The van der Waals surface area contributed by atoms with E-state index in [1.54, 1.807) is 19.1 Å². The second kappa shape index (κ2) is 10.6. The molecule has 2 aromatic rings. The van der Waals surface area contributed by atoms with Gasteiger partial charge in [0.1, 0.15) is 6.61 Å². The van der Waals surface area contributed by atoms with Crippen molar-refractivity contribution in [1.29, 1.82) is 0 Å². The van der Waals surface area contributed by atoms with Crippen LogP contribution in [0.15, 0.2) is 48.5 Å². The lowest BCUT2D eigenvalue weighted by molar-refractivity contribution is -0.384.